The molecule has 0 bridgehead atoms. The number of furan rings is 1. The Hall–Kier alpha value is -2.64. The second kappa shape index (κ2) is 7.54. The molecule has 0 atom stereocenters. The number of carbonyl (C=O) groups is 1. The van der Waals surface area contributed by atoms with Gasteiger partial charge in [0.1, 0.15) is 5.58 Å². The number of rotatable bonds is 6. The average Bonchev–Trinajstić information content (AvgIpc) is 3.01. The van der Waals surface area contributed by atoms with Crippen molar-refractivity contribution in [3.63, 3.8) is 0 Å². The Labute approximate surface area is 158 Å². The van der Waals surface area contributed by atoms with Crippen LogP contribution >= 0.6 is 0 Å². The van der Waals surface area contributed by atoms with Crippen LogP contribution in [0.5, 0.6) is 0 Å². The molecule has 1 aromatic heterocycles. The summed E-state index contributed by atoms with van der Waals surface area (Å²) >= 11 is 0. The fourth-order valence-electron chi connectivity index (χ4n) is 2.85. The fraction of sp³-hybridized carbons (Fsp3) is 0.250. The molecule has 3 aromatic rings. The minimum absolute atomic E-state index is 0.136. The third-order valence-electron chi connectivity index (χ3n) is 4.37. The first-order chi connectivity index (χ1) is 12.8. The zero-order valence-electron chi connectivity index (χ0n) is 15.5. The highest BCUT2D eigenvalue weighted by Gasteiger charge is 2.21. The SMILES string of the molecule is Cc1ccc2c(CC(=O)NCc3ccccc3S(=O)(=O)N(C)C)coc2c1. The highest BCUT2D eigenvalue weighted by atomic mass is 32.2. The van der Waals surface area contributed by atoms with E-state index in [0.29, 0.717) is 5.56 Å². The van der Waals surface area contributed by atoms with E-state index in [0.717, 1.165) is 26.4 Å². The average molecular weight is 386 g/mol. The van der Waals surface area contributed by atoms with Gasteiger partial charge in [-0.3, -0.25) is 4.79 Å². The van der Waals surface area contributed by atoms with Gasteiger partial charge in [0.2, 0.25) is 15.9 Å². The molecule has 0 saturated heterocycles. The molecule has 6 nitrogen and oxygen atoms in total. The number of benzene rings is 2. The Bertz CT molecular complexity index is 1080. The number of hydrogen-bond acceptors (Lipinski definition) is 4. The number of amides is 1. The van der Waals surface area contributed by atoms with Crippen molar-refractivity contribution in [3.8, 4) is 0 Å². The topological polar surface area (TPSA) is 79.6 Å². The fourth-order valence-corrected chi connectivity index (χ4v) is 3.97. The van der Waals surface area contributed by atoms with Crippen LogP contribution in [-0.4, -0.2) is 32.7 Å². The van der Waals surface area contributed by atoms with E-state index in [1.54, 1.807) is 30.5 Å². The highest BCUT2D eigenvalue weighted by molar-refractivity contribution is 7.89. The lowest BCUT2D eigenvalue weighted by atomic mass is 10.1. The summed E-state index contributed by atoms with van der Waals surface area (Å²) in [6.45, 7) is 2.12. The van der Waals surface area contributed by atoms with Gasteiger partial charge in [0, 0.05) is 31.6 Å². The number of sulfonamides is 1. The van der Waals surface area contributed by atoms with Gasteiger partial charge in [-0.15, -0.1) is 0 Å². The molecule has 0 fully saturated rings. The van der Waals surface area contributed by atoms with Crippen LogP contribution < -0.4 is 5.32 Å². The van der Waals surface area contributed by atoms with Gasteiger partial charge in [-0.1, -0.05) is 30.3 Å². The second-order valence-corrected chi connectivity index (χ2v) is 8.73. The van der Waals surface area contributed by atoms with Gasteiger partial charge in [-0.25, -0.2) is 12.7 Å². The monoisotopic (exact) mass is 386 g/mol. The van der Waals surface area contributed by atoms with Crippen molar-refractivity contribution in [3.05, 3.63) is 65.4 Å². The molecule has 0 spiro atoms. The van der Waals surface area contributed by atoms with Crippen LogP contribution in [0, 0.1) is 6.92 Å². The minimum Gasteiger partial charge on any atom is -0.464 e. The maximum absolute atomic E-state index is 12.4. The zero-order chi connectivity index (χ0) is 19.6. The van der Waals surface area contributed by atoms with Crippen molar-refractivity contribution < 1.29 is 17.6 Å². The van der Waals surface area contributed by atoms with Crippen LogP contribution in [0.15, 0.2) is 58.0 Å². The smallest absolute Gasteiger partial charge is 0.242 e. The van der Waals surface area contributed by atoms with Gasteiger partial charge < -0.3 is 9.73 Å². The minimum atomic E-state index is -3.57. The first-order valence-electron chi connectivity index (χ1n) is 8.53. The molecule has 0 radical (unpaired) electrons. The van der Waals surface area contributed by atoms with Crippen molar-refractivity contribution in [1.82, 2.24) is 9.62 Å². The molecule has 0 aliphatic carbocycles. The van der Waals surface area contributed by atoms with Gasteiger partial charge in [0.05, 0.1) is 17.6 Å². The van der Waals surface area contributed by atoms with E-state index in [-0.39, 0.29) is 23.8 Å². The normalized spacial score (nSPS) is 11.9. The van der Waals surface area contributed by atoms with Crippen LogP contribution in [0.4, 0.5) is 0 Å². The van der Waals surface area contributed by atoms with Crippen molar-refractivity contribution in [2.75, 3.05) is 14.1 Å². The Kier molecular flexibility index (Phi) is 5.34. The maximum atomic E-state index is 12.4. The molecular weight excluding hydrogens is 364 g/mol. The van der Waals surface area contributed by atoms with E-state index < -0.39 is 10.0 Å². The van der Waals surface area contributed by atoms with Crippen molar-refractivity contribution in [1.29, 1.82) is 0 Å². The number of hydrogen-bond donors (Lipinski definition) is 1. The second-order valence-electron chi connectivity index (χ2n) is 6.61. The van der Waals surface area contributed by atoms with Crippen LogP contribution in [0.2, 0.25) is 0 Å². The molecule has 27 heavy (non-hydrogen) atoms. The van der Waals surface area contributed by atoms with E-state index >= 15 is 0 Å². The van der Waals surface area contributed by atoms with Crippen molar-refractivity contribution in [2.45, 2.75) is 24.8 Å². The molecule has 0 aliphatic rings. The predicted octanol–water partition coefficient (Wildman–Crippen LogP) is 2.85. The molecule has 1 N–H and O–H groups in total. The summed E-state index contributed by atoms with van der Waals surface area (Å²) in [6.07, 6.45) is 1.76. The summed E-state index contributed by atoms with van der Waals surface area (Å²) in [4.78, 5) is 12.6. The first kappa shape index (κ1) is 19.1. The molecule has 1 amide bonds. The van der Waals surface area contributed by atoms with Crippen LogP contribution in [0.3, 0.4) is 0 Å². The van der Waals surface area contributed by atoms with E-state index in [4.69, 9.17) is 4.42 Å². The van der Waals surface area contributed by atoms with E-state index in [2.05, 4.69) is 5.32 Å². The number of carbonyl (C=O) groups excluding carboxylic acids is 1. The number of aryl methyl sites for hydroxylation is 1. The van der Waals surface area contributed by atoms with Crippen LogP contribution in [0.1, 0.15) is 16.7 Å². The molecular formula is C20H22N2O4S. The van der Waals surface area contributed by atoms with Gasteiger partial charge in [0.25, 0.3) is 0 Å². The molecule has 1 heterocycles. The lowest BCUT2D eigenvalue weighted by Gasteiger charge is -2.15. The molecule has 142 valence electrons. The zero-order valence-corrected chi connectivity index (χ0v) is 16.3. The molecule has 0 aliphatic heterocycles. The number of nitrogens with one attached hydrogen (secondary N) is 1. The van der Waals surface area contributed by atoms with E-state index in [1.165, 1.54) is 14.1 Å². The summed E-state index contributed by atoms with van der Waals surface area (Å²) in [6, 6.07) is 12.5. The Morgan fingerprint density at radius 2 is 1.85 bits per heavy atom. The highest BCUT2D eigenvalue weighted by Crippen LogP contribution is 2.23. The molecule has 2 aromatic carbocycles. The quantitative estimate of drug-likeness (QED) is 0.706. The van der Waals surface area contributed by atoms with E-state index in [1.807, 2.05) is 25.1 Å². The third-order valence-corrected chi connectivity index (χ3v) is 6.28. The van der Waals surface area contributed by atoms with Gasteiger partial charge in [-0.2, -0.15) is 0 Å². The Morgan fingerprint density at radius 3 is 2.59 bits per heavy atom. The van der Waals surface area contributed by atoms with E-state index in [9.17, 15) is 13.2 Å². The molecule has 7 heteroatoms. The largest absolute Gasteiger partial charge is 0.464 e. The van der Waals surface area contributed by atoms with Crippen molar-refractivity contribution in [2.24, 2.45) is 0 Å². The van der Waals surface area contributed by atoms with Crippen LogP contribution in [0.25, 0.3) is 11.0 Å². The first-order valence-corrected chi connectivity index (χ1v) is 9.97. The lowest BCUT2D eigenvalue weighted by molar-refractivity contribution is -0.120. The van der Waals surface area contributed by atoms with Gasteiger partial charge in [-0.05, 0) is 30.2 Å². The Balaban J connectivity index is 1.73. The van der Waals surface area contributed by atoms with Gasteiger partial charge >= 0.3 is 0 Å². The summed E-state index contributed by atoms with van der Waals surface area (Å²) in [5.41, 5.74) is 3.19. The molecule has 0 saturated carbocycles. The standard InChI is InChI=1S/C20H22N2O4S/c1-14-8-9-17-16(13-26-18(17)10-14)11-20(23)21-12-15-6-4-5-7-19(15)27(24,25)22(2)3/h4-10,13H,11-12H2,1-3H3,(H,21,23). The lowest BCUT2D eigenvalue weighted by Crippen LogP contribution is -2.27. The third kappa shape index (κ3) is 4.04. The predicted molar refractivity (Wildman–Crippen MR) is 104 cm³/mol. The molecule has 3 rings (SSSR count). The maximum Gasteiger partial charge on any atom is 0.242 e. The summed E-state index contributed by atoms with van der Waals surface area (Å²) in [5, 5.41) is 3.71. The Morgan fingerprint density at radius 1 is 1.11 bits per heavy atom. The van der Waals surface area contributed by atoms with Gasteiger partial charge in [0.15, 0.2) is 0 Å². The number of nitrogens with zero attached hydrogens (tertiary/aromatic N) is 1. The molecule has 0 unspecified atom stereocenters. The van der Waals surface area contributed by atoms with Crippen molar-refractivity contribution >= 4 is 26.9 Å². The summed E-state index contributed by atoms with van der Waals surface area (Å²) in [5.74, 6) is -0.199. The number of fused-ring (bicyclic) bond motifs is 1. The summed E-state index contributed by atoms with van der Waals surface area (Å²) in [7, 11) is -0.606. The summed E-state index contributed by atoms with van der Waals surface area (Å²) < 4.78 is 31.5. The van der Waals surface area contributed by atoms with Crippen LogP contribution in [-0.2, 0) is 27.8 Å².